The van der Waals surface area contributed by atoms with Gasteiger partial charge in [-0.25, -0.2) is 0 Å². The molecule has 86 valence electrons. The molecule has 0 radical (unpaired) electrons. The minimum Gasteiger partial charge on any atom is -0.487 e. The van der Waals surface area contributed by atoms with Crippen molar-refractivity contribution in [1.29, 1.82) is 5.26 Å². The molecule has 2 aromatic rings. The minimum absolute atomic E-state index is 0.339. The van der Waals surface area contributed by atoms with E-state index >= 15 is 0 Å². The van der Waals surface area contributed by atoms with Gasteiger partial charge in [0.2, 0.25) is 0 Å². The number of hydrogen-bond acceptors (Lipinski definition) is 3. The third-order valence-electron chi connectivity index (χ3n) is 2.14. The van der Waals surface area contributed by atoms with E-state index in [0.29, 0.717) is 28.0 Å². The van der Waals surface area contributed by atoms with Crippen LogP contribution in [0.5, 0.6) is 5.75 Å². The molecule has 0 aliphatic heterocycles. The van der Waals surface area contributed by atoms with Crippen LogP contribution in [0.1, 0.15) is 10.4 Å². The molecule has 1 heterocycles. The van der Waals surface area contributed by atoms with Crippen LogP contribution in [0, 0.1) is 11.3 Å². The Morgan fingerprint density at radius 1 is 1.24 bits per heavy atom. The van der Waals surface area contributed by atoms with Gasteiger partial charge in [-0.05, 0) is 23.6 Å². The average molecular weight is 284 g/mol. The monoisotopic (exact) mass is 283 g/mol. The third kappa shape index (κ3) is 2.73. The van der Waals surface area contributed by atoms with Gasteiger partial charge < -0.3 is 4.74 Å². The van der Waals surface area contributed by atoms with Gasteiger partial charge in [-0.3, -0.25) is 0 Å². The highest BCUT2D eigenvalue weighted by Gasteiger charge is 2.09. The summed E-state index contributed by atoms with van der Waals surface area (Å²) < 4.78 is 5.55. The molecule has 0 unspecified atom stereocenters. The minimum atomic E-state index is 0.339. The Hall–Kier alpha value is -1.21. The number of benzene rings is 1. The first-order chi connectivity index (χ1) is 8.22. The molecule has 1 aromatic heterocycles. The molecule has 0 bridgehead atoms. The number of nitriles is 1. The van der Waals surface area contributed by atoms with Crippen molar-refractivity contribution in [1.82, 2.24) is 0 Å². The lowest BCUT2D eigenvalue weighted by atomic mass is 10.2. The molecule has 5 heteroatoms. The molecular weight excluding hydrogens is 277 g/mol. The molecule has 17 heavy (non-hydrogen) atoms. The van der Waals surface area contributed by atoms with E-state index in [0.717, 1.165) is 4.88 Å². The summed E-state index contributed by atoms with van der Waals surface area (Å²) in [6.45, 7) is 0.339. The topological polar surface area (TPSA) is 33.0 Å². The second-order valence-electron chi connectivity index (χ2n) is 3.21. The van der Waals surface area contributed by atoms with E-state index in [9.17, 15) is 0 Å². The summed E-state index contributed by atoms with van der Waals surface area (Å²) in [6.07, 6.45) is 0. The van der Waals surface area contributed by atoms with Crippen molar-refractivity contribution in [2.75, 3.05) is 0 Å². The van der Waals surface area contributed by atoms with Gasteiger partial charge in [-0.15, -0.1) is 11.3 Å². The Balaban J connectivity index is 2.18. The first-order valence-corrected chi connectivity index (χ1v) is 6.39. The second kappa shape index (κ2) is 5.42. The number of nitrogens with zero attached hydrogens (tertiary/aromatic N) is 1. The summed E-state index contributed by atoms with van der Waals surface area (Å²) in [5.41, 5.74) is 0.349. The largest absolute Gasteiger partial charge is 0.487 e. The van der Waals surface area contributed by atoms with Crippen LogP contribution in [-0.4, -0.2) is 0 Å². The van der Waals surface area contributed by atoms with Crippen molar-refractivity contribution < 1.29 is 4.74 Å². The second-order valence-corrected chi connectivity index (χ2v) is 5.02. The Morgan fingerprint density at radius 2 is 2.06 bits per heavy atom. The lowest BCUT2D eigenvalue weighted by molar-refractivity contribution is 0.309. The van der Waals surface area contributed by atoms with Gasteiger partial charge in [0.1, 0.15) is 24.0 Å². The van der Waals surface area contributed by atoms with Crippen LogP contribution in [0.2, 0.25) is 10.0 Å². The van der Waals surface area contributed by atoms with Gasteiger partial charge in [-0.1, -0.05) is 29.3 Å². The molecule has 0 N–H and O–H groups in total. The predicted molar refractivity (Wildman–Crippen MR) is 69.8 cm³/mol. The Morgan fingerprint density at radius 3 is 2.71 bits per heavy atom. The molecule has 0 amide bonds. The number of halogens is 2. The third-order valence-corrected chi connectivity index (χ3v) is 3.81. The van der Waals surface area contributed by atoms with Crippen molar-refractivity contribution in [3.05, 3.63) is 50.1 Å². The van der Waals surface area contributed by atoms with E-state index in [-0.39, 0.29) is 0 Å². The summed E-state index contributed by atoms with van der Waals surface area (Å²) in [7, 11) is 0. The first kappa shape index (κ1) is 12.3. The van der Waals surface area contributed by atoms with Crippen LogP contribution in [0.25, 0.3) is 0 Å². The normalized spacial score (nSPS) is 9.94. The number of rotatable bonds is 3. The summed E-state index contributed by atoms with van der Waals surface area (Å²) in [6, 6.07) is 8.95. The van der Waals surface area contributed by atoms with Gasteiger partial charge in [0.05, 0.1) is 14.9 Å². The maximum Gasteiger partial charge on any atom is 0.139 e. The maximum absolute atomic E-state index is 8.97. The molecule has 0 aliphatic carbocycles. The Bertz CT molecular complexity index is 574. The summed E-state index contributed by atoms with van der Waals surface area (Å²) in [4.78, 5) is 0.926. The standard InChI is InChI=1S/C12H7Cl2NOS/c13-9-2-1-3-11(8(9)6-15)16-7-12-10(14)4-5-17-12/h1-5H,7H2. The zero-order valence-electron chi connectivity index (χ0n) is 8.61. The molecule has 2 rings (SSSR count). The summed E-state index contributed by atoms with van der Waals surface area (Å²) in [5.74, 6) is 0.476. The Kier molecular flexibility index (Phi) is 3.90. The number of thiophene rings is 1. The fourth-order valence-corrected chi connectivity index (χ4v) is 2.51. The van der Waals surface area contributed by atoms with Crippen LogP contribution < -0.4 is 4.74 Å². The van der Waals surface area contributed by atoms with Crippen molar-refractivity contribution in [3.8, 4) is 11.8 Å². The quantitative estimate of drug-likeness (QED) is 0.831. The van der Waals surface area contributed by atoms with Crippen LogP contribution in [0.15, 0.2) is 29.6 Å². The van der Waals surface area contributed by atoms with E-state index < -0.39 is 0 Å². The van der Waals surface area contributed by atoms with Crippen LogP contribution >= 0.6 is 34.5 Å². The lowest BCUT2D eigenvalue weighted by Gasteiger charge is -2.07. The fourth-order valence-electron chi connectivity index (χ4n) is 1.30. The number of ether oxygens (including phenoxy) is 1. The molecule has 2 nitrogen and oxygen atoms in total. The highest BCUT2D eigenvalue weighted by molar-refractivity contribution is 7.10. The maximum atomic E-state index is 8.97. The van der Waals surface area contributed by atoms with Crippen LogP contribution in [0.4, 0.5) is 0 Å². The molecule has 0 saturated heterocycles. The van der Waals surface area contributed by atoms with E-state index in [1.165, 1.54) is 11.3 Å². The van der Waals surface area contributed by atoms with E-state index in [4.69, 9.17) is 33.2 Å². The average Bonchev–Trinajstić information content (AvgIpc) is 2.72. The molecule has 0 aliphatic rings. The highest BCUT2D eigenvalue weighted by atomic mass is 35.5. The zero-order chi connectivity index (χ0) is 12.3. The molecule has 0 fully saturated rings. The highest BCUT2D eigenvalue weighted by Crippen LogP contribution is 2.28. The van der Waals surface area contributed by atoms with Crippen LogP contribution in [0.3, 0.4) is 0 Å². The molecular formula is C12H7Cl2NOS. The van der Waals surface area contributed by atoms with Gasteiger partial charge in [0, 0.05) is 0 Å². The summed E-state index contributed by atoms with van der Waals surface area (Å²) in [5, 5.41) is 11.9. The van der Waals surface area contributed by atoms with Crippen LogP contribution in [-0.2, 0) is 6.61 Å². The zero-order valence-corrected chi connectivity index (χ0v) is 10.9. The smallest absolute Gasteiger partial charge is 0.139 e. The summed E-state index contributed by atoms with van der Waals surface area (Å²) >= 11 is 13.4. The van der Waals surface area contributed by atoms with E-state index in [2.05, 4.69) is 0 Å². The molecule has 0 atom stereocenters. The Labute approximate surface area is 113 Å². The first-order valence-electron chi connectivity index (χ1n) is 4.75. The lowest BCUT2D eigenvalue weighted by Crippen LogP contribution is -1.96. The van der Waals surface area contributed by atoms with Gasteiger partial charge in [0.25, 0.3) is 0 Å². The molecule has 1 aromatic carbocycles. The van der Waals surface area contributed by atoms with Crippen molar-refractivity contribution in [2.45, 2.75) is 6.61 Å². The van der Waals surface area contributed by atoms with Crippen molar-refractivity contribution in [3.63, 3.8) is 0 Å². The van der Waals surface area contributed by atoms with Gasteiger partial charge in [0.15, 0.2) is 0 Å². The van der Waals surface area contributed by atoms with Crippen molar-refractivity contribution >= 4 is 34.5 Å². The molecule has 0 saturated carbocycles. The van der Waals surface area contributed by atoms with E-state index in [1.807, 2.05) is 17.5 Å². The SMILES string of the molecule is N#Cc1c(Cl)cccc1OCc1sccc1Cl. The number of hydrogen-bond donors (Lipinski definition) is 0. The van der Waals surface area contributed by atoms with Gasteiger partial charge >= 0.3 is 0 Å². The van der Waals surface area contributed by atoms with Gasteiger partial charge in [-0.2, -0.15) is 5.26 Å². The van der Waals surface area contributed by atoms with Crippen molar-refractivity contribution in [2.24, 2.45) is 0 Å². The molecule has 0 spiro atoms. The predicted octanol–water partition coefficient (Wildman–Crippen LogP) is 4.51. The van der Waals surface area contributed by atoms with E-state index in [1.54, 1.807) is 18.2 Å². The fraction of sp³-hybridized carbons (Fsp3) is 0.0833.